The third-order valence-electron chi connectivity index (χ3n) is 4.39. The van der Waals surface area contributed by atoms with Crippen LogP contribution in [-0.2, 0) is 24.3 Å². The largest absolute Gasteiger partial charge is 0.467 e. The van der Waals surface area contributed by atoms with Crippen molar-refractivity contribution in [2.24, 2.45) is 0 Å². The van der Waals surface area contributed by atoms with E-state index in [1.807, 2.05) is 39.9 Å². The average Bonchev–Trinajstić information content (AvgIpc) is 3.45. The molecule has 0 aliphatic carbocycles. The van der Waals surface area contributed by atoms with E-state index in [2.05, 4.69) is 36.2 Å². The number of aromatic nitrogens is 1. The molecular formula is C22H20N2O2S2. The van der Waals surface area contributed by atoms with Crippen molar-refractivity contribution in [3.8, 4) is 10.6 Å². The Hall–Kier alpha value is -2.70. The summed E-state index contributed by atoms with van der Waals surface area (Å²) in [4.78, 5) is 20.7. The molecule has 0 aliphatic rings. The van der Waals surface area contributed by atoms with E-state index in [1.54, 1.807) is 28.9 Å². The first-order chi connectivity index (χ1) is 13.7. The molecule has 142 valence electrons. The van der Waals surface area contributed by atoms with E-state index < -0.39 is 0 Å². The van der Waals surface area contributed by atoms with Crippen LogP contribution in [0.5, 0.6) is 0 Å². The van der Waals surface area contributed by atoms with E-state index in [9.17, 15) is 4.79 Å². The van der Waals surface area contributed by atoms with Crippen LogP contribution in [0.25, 0.3) is 10.6 Å². The van der Waals surface area contributed by atoms with Gasteiger partial charge in [0.05, 0.1) is 31.5 Å². The predicted octanol–water partition coefficient (Wildman–Crippen LogP) is 5.54. The quantitative estimate of drug-likeness (QED) is 0.403. The lowest BCUT2D eigenvalue weighted by Gasteiger charge is -2.20. The van der Waals surface area contributed by atoms with Crippen LogP contribution in [0.4, 0.5) is 0 Å². The molecule has 0 bridgehead atoms. The van der Waals surface area contributed by atoms with Crippen LogP contribution in [0.1, 0.15) is 21.9 Å². The van der Waals surface area contributed by atoms with Crippen LogP contribution in [0, 0.1) is 6.92 Å². The molecular weight excluding hydrogens is 388 g/mol. The summed E-state index contributed by atoms with van der Waals surface area (Å²) in [5.74, 6) is 0.828. The van der Waals surface area contributed by atoms with E-state index in [0.717, 1.165) is 26.9 Å². The molecule has 0 saturated heterocycles. The summed E-state index contributed by atoms with van der Waals surface area (Å²) in [7, 11) is 0. The summed E-state index contributed by atoms with van der Waals surface area (Å²) in [6.07, 6.45) is 1.92. The van der Waals surface area contributed by atoms with Gasteiger partial charge in [-0.15, -0.1) is 22.7 Å². The number of hydrogen-bond donors (Lipinski definition) is 0. The van der Waals surface area contributed by atoms with Crippen molar-refractivity contribution >= 4 is 28.6 Å². The summed E-state index contributed by atoms with van der Waals surface area (Å²) in [6, 6.07) is 16.1. The number of carbonyl (C=O) groups excluding carboxylic acids is 1. The van der Waals surface area contributed by atoms with Gasteiger partial charge >= 0.3 is 0 Å². The molecule has 3 heterocycles. The van der Waals surface area contributed by atoms with Crippen LogP contribution >= 0.6 is 22.7 Å². The molecule has 6 heteroatoms. The molecule has 4 aromatic rings. The molecule has 28 heavy (non-hydrogen) atoms. The first-order valence-corrected chi connectivity index (χ1v) is 10.8. The van der Waals surface area contributed by atoms with Crippen LogP contribution in [0.2, 0.25) is 0 Å². The number of rotatable bonds is 7. The number of benzene rings is 1. The molecule has 0 atom stereocenters. The highest BCUT2D eigenvalue weighted by atomic mass is 32.1. The number of furan rings is 1. The van der Waals surface area contributed by atoms with Gasteiger partial charge in [0.1, 0.15) is 10.8 Å². The number of carbonyl (C=O) groups is 1. The Kier molecular flexibility index (Phi) is 5.69. The Morgan fingerprint density at radius 1 is 1.07 bits per heavy atom. The molecule has 0 fully saturated rings. The highest BCUT2D eigenvalue weighted by Gasteiger charge is 2.18. The zero-order chi connectivity index (χ0) is 19.3. The van der Waals surface area contributed by atoms with Gasteiger partial charge in [0.2, 0.25) is 5.91 Å². The lowest BCUT2D eigenvalue weighted by Crippen LogP contribution is -2.31. The maximum absolute atomic E-state index is 13.0. The summed E-state index contributed by atoms with van der Waals surface area (Å²) in [5.41, 5.74) is 3.11. The maximum Gasteiger partial charge on any atom is 0.229 e. The minimum atomic E-state index is 0.0468. The average molecular weight is 409 g/mol. The third kappa shape index (κ3) is 4.58. The fourth-order valence-corrected chi connectivity index (χ4v) is 4.44. The van der Waals surface area contributed by atoms with Crippen molar-refractivity contribution < 1.29 is 9.21 Å². The van der Waals surface area contributed by atoms with E-state index >= 15 is 0 Å². The van der Waals surface area contributed by atoms with Gasteiger partial charge in [0.25, 0.3) is 0 Å². The Morgan fingerprint density at radius 2 is 1.93 bits per heavy atom. The molecule has 0 radical (unpaired) electrons. The first-order valence-electron chi connectivity index (χ1n) is 9.01. The number of thiazole rings is 1. The number of nitrogens with zero attached hydrogens (tertiary/aromatic N) is 2. The number of amides is 1. The topological polar surface area (TPSA) is 46.3 Å². The van der Waals surface area contributed by atoms with Gasteiger partial charge in [-0.3, -0.25) is 4.79 Å². The van der Waals surface area contributed by atoms with Crippen molar-refractivity contribution in [3.63, 3.8) is 0 Å². The highest BCUT2D eigenvalue weighted by Crippen LogP contribution is 2.25. The molecule has 0 N–H and O–H groups in total. The predicted molar refractivity (Wildman–Crippen MR) is 113 cm³/mol. The van der Waals surface area contributed by atoms with Gasteiger partial charge in [-0.1, -0.05) is 35.9 Å². The second kappa shape index (κ2) is 8.54. The standard InChI is InChI=1S/C22H20N2O2S2/c1-16-6-8-17(9-7-16)22-23-18(15-28-22)12-21(25)24(13-19-4-2-10-26-19)14-20-5-3-11-27-20/h2-11,15H,12-14H2,1H3. The molecule has 0 aliphatic heterocycles. The smallest absolute Gasteiger partial charge is 0.229 e. The highest BCUT2D eigenvalue weighted by molar-refractivity contribution is 7.13. The summed E-state index contributed by atoms with van der Waals surface area (Å²) >= 11 is 3.23. The van der Waals surface area contributed by atoms with Gasteiger partial charge in [-0.2, -0.15) is 0 Å². The molecule has 0 spiro atoms. The molecule has 4 nitrogen and oxygen atoms in total. The van der Waals surface area contributed by atoms with Crippen LogP contribution in [0.3, 0.4) is 0 Å². The van der Waals surface area contributed by atoms with Crippen LogP contribution in [-0.4, -0.2) is 15.8 Å². The first kappa shape index (κ1) is 18.7. The van der Waals surface area contributed by atoms with Crippen LogP contribution in [0.15, 0.2) is 70.0 Å². The Balaban J connectivity index is 1.48. The molecule has 3 aromatic heterocycles. The number of aryl methyl sites for hydroxylation is 1. The van der Waals surface area contributed by atoms with E-state index in [0.29, 0.717) is 13.1 Å². The number of hydrogen-bond acceptors (Lipinski definition) is 5. The lowest BCUT2D eigenvalue weighted by atomic mass is 10.2. The summed E-state index contributed by atoms with van der Waals surface area (Å²) in [5, 5.41) is 4.95. The summed E-state index contributed by atoms with van der Waals surface area (Å²) < 4.78 is 5.45. The fraction of sp³-hybridized carbons (Fsp3) is 0.182. The van der Waals surface area contributed by atoms with E-state index in [1.165, 1.54) is 5.56 Å². The molecule has 0 unspecified atom stereocenters. The Morgan fingerprint density at radius 3 is 2.64 bits per heavy atom. The zero-order valence-corrected chi connectivity index (χ0v) is 17.1. The van der Waals surface area contributed by atoms with Crippen molar-refractivity contribution in [3.05, 3.63) is 87.4 Å². The minimum absolute atomic E-state index is 0.0468. The Bertz CT molecular complexity index is 983. The van der Waals surface area contributed by atoms with Crippen molar-refractivity contribution in [2.45, 2.75) is 26.4 Å². The van der Waals surface area contributed by atoms with Crippen molar-refractivity contribution in [1.82, 2.24) is 9.88 Å². The molecule has 0 saturated carbocycles. The van der Waals surface area contributed by atoms with Gasteiger partial charge < -0.3 is 9.32 Å². The fourth-order valence-electron chi connectivity index (χ4n) is 2.90. The monoisotopic (exact) mass is 408 g/mol. The second-order valence-electron chi connectivity index (χ2n) is 6.60. The van der Waals surface area contributed by atoms with Gasteiger partial charge in [-0.05, 0) is 30.5 Å². The lowest BCUT2D eigenvalue weighted by molar-refractivity contribution is -0.132. The van der Waals surface area contributed by atoms with Crippen molar-refractivity contribution in [1.29, 1.82) is 0 Å². The van der Waals surface area contributed by atoms with Crippen molar-refractivity contribution in [2.75, 3.05) is 0 Å². The number of thiophene rings is 1. The normalized spacial score (nSPS) is 10.9. The van der Waals surface area contributed by atoms with Crippen LogP contribution < -0.4 is 0 Å². The Labute approximate surface area is 172 Å². The SMILES string of the molecule is Cc1ccc(-c2nc(CC(=O)N(Cc3ccco3)Cc3cccs3)cs2)cc1. The van der Waals surface area contributed by atoms with E-state index in [4.69, 9.17) is 4.42 Å². The second-order valence-corrected chi connectivity index (χ2v) is 8.49. The van der Waals surface area contributed by atoms with Gasteiger partial charge in [0.15, 0.2) is 0 Å². The minimum Gasteiger partial charge on any atom is -0.467 e. The molecule has 4 rings (SSSR count). The maximum atomic E-state index is 13.0. The molecule has 1 aromatic carbocycles. The van der Waals surface area contributed by atoms with Gasteiger partial charge in [0, 0.05) is 15.8 Å². The zero-order valence-electron chi connectivity index (χ0n) is 15.5. The third-order valence-corrected chi connectivity index (χ3v) is 6.19. The van der Waals surface area contributed by atoms with E-state index in [-0.39, 0.29) is 12.3 Å². The van der Waals surface area contributed by atoms with Gasteiger partial charge in [-0.25, -0.2) is 4.98 Å². The summed E-state index contributed by atoms with van der Waals surface area (Å²) in [6.45, 7) is 3.10. The molecule has 1 amide bonds.